The summed E-state index contributed by atoms with van der Waals surface area (Å²) in [6.07, 6.45) is 7.09. The number of fused-ring (bicyclic) bond motifs is 10. The number of anilines is 5. The molecule has 1 fully saturated rings. The Hall–Kier alpha value is -4.41. The second kappa shape index (κ2) is 12.4. The number of benzene rings is 5. The lowest BCUT2D eigenvalue weighted by molar-refractivity contribution is 0.195. The maximum Gasteiger partial charge on any atom is 0.297 e. The Morgan fingerprint density at radius 1 is 0.623 bits per heavy atom. The highest BCUT2D eigenvalue weighted by atomic mass is 35.5. The molecule has 0 N–H and O–H groups in total. The van der Waals surface area contributed by atoms with E-state index in [2.05, 4.69) is 178 Å². The summed E-state index contributed by atoms with van der Waals surface area (Å²) in [6, 6.07) is 32.9. The van der Waals surface area contributed by atoms with Crippen molar-refractivity contribution < 1.29 is 4.42 Å². The third-order valence-corrected chi connectivity index (χ3v) is 16.8. The quantitative estimate of drug-likeness (QED) is 0.162. The van der Waals surface area contributed by atoms with Gasteiger partial charge in [0.1, 0.15) is 5.58 Å². The van der Waals surface area contributed by atoms with Crippen molar-refractivity contribution in [3.8, 4) is 11.1 Å². The first-order valence-corrected chi connectivity index (χ1v) is 23.5. The molecule has 0 radical (unpaired) electrons. The van der Waals surface area contributed by atoms with E-state index >= 15 is 0 Å². The van der Waals surface area contributed by atoms with Crippen LogP contribution in [0.3, 0.4) is 0 Å². The molecule has 2 aliphatic carbocycles. The maximum atomic E-state index is 7.63. The lowest BCUT2D eigenvalue weighted by Crippen LogP contribution is -2.64. The summed E-state index contributed by atoms with van der Waals surface area (Å²) in [5.41, 5.74) is 20.2. The average Bonchev–Trinajstić information content (AvgIpc) is 3.67. The molecule has 0 bridgehead atoms. The summed E-state index contributed by atoms with van der Waals surface area (Å²) in [6.45, 7) is 28.8. The number of rotatable bonds is 2. The van der Waals surface area contributed by atoms with E-state index in [9.17, 15) is 0 Å². The Bertz CT molecular complexity index is 2850. The standard InChI is InChI=1S/C56H62BClN2O/c1-51(2,3)34-20-21-43(37(26-34)33-18-14-13-15-19-33)59-44-29-36(58)30-45-47(44)57(50-48(59)38-31-39-40(32-46(38)61-50)54(9,10)25-24-53(39,7)8)42-28-35(52(4,5)6)27-41-49(42)60(45)56(12)23-17-16-22-55(41,56)11/h13-15,18-21,26-32H,16-17,22-25H2,1-12H3. The molecule has 2 atom stereocenters. The molecule has 2 unspecified atom stereocenters. The first-order chi connectivity index (χ1) is 28.6. The van der Waals surface area contributed by atoms with Gasteiger partial charge in [-0.3, -0.25) is 0 Å². The van der Waals surface area contributed by atoms with Crippen molar-refractivity contribution in [2.24, 2.45) is 0 Å². The molecule has 3 nitrogen and oxygen atoms in total. The van der Waals surface area contributed by atoms with Crippen molar-refractivity contribution >= 4 is 74.3 Å². The van der Waals surface area contributed by atoms with Crippen LogP contribution in [0.25, 0.3) is 22.1 Å². The van der Waals surface area contributed by atoms with Gasteiger partial charge in [-0.25, -0.2) is 0 Å². The molecule has 5 aliphatic rings. The topological polar surface area (TPSA) is 19.6 Å². The van der Waals surface area contributed by atoms with Gasteiger partial charge in [-0.15, -0.1) is 0 Å². The summed E-state index contributed by atoms with van der Waals surface area (Å²) < 4.78 is 7.63. The Balaban J connectivity index is 1.31. The van der Waals surface area contributed by atoms with Crippen molar-refractivity contribution in [2.45, 2.75) is 154 Å². The molecule has 5 aromatic carbocycles. The molecule has 61 heavy (non-hydrogen) atoms. The van der Waals surface area contributed by atoms with Gasteiger partial charge in [0.05, 0.1) is 22.6 Å². The zero-order chi connectivity index (χ0) is 43.0. The van der Waals surface area contributed by atoms with E-state index in [0.29, 0.717) is 0 Å². The zero-order valence-electron chi connectivity index (χ0n) is 38.6. The van der Waals surface area contributed by atoms with E-state index in [4.69, 9.17) is 16.0 Å². The number of halogens is 1. The fourth-order valence-electron chi connectivity index (χ4n) is 12.6. The fraction of sp³-hybridized carbons (Fsp3) is 0.429. The molecule has 1 aromatic heterocycles. The smallest absolute Gasteiger partial charge is 0.297 e. The van der Waals surface area contributed by atoms with E-state index < -0.39 is 0 Å². The van der Waals surface area contributed by atoms with Crippen molar-refractivity contribution in [1.29, 1.82) is 0 Å². The molecule has 6 aromatic rings. The Morgan fingerprint density at radius 2 is 1.28 bits per heavy atom. The van der Waals surface area contributed by atoms with Crippen molar-refractivity contribution in [3.63, 3.8) is 0 Å². The van der Waals surface area contributed by atoms with Gasteiger partial charge in [0.25, 0.3) is 6.71 Å². The van der Waals surface area contributed by atoms with Gasteiger partial charge in [0.15, 0.2) is 0 Å². The van der Waals surface area contributed by atoms with Crippen LogP contribution in [0.15, 0.2) is 89.3 Å². The normalized spacial score (nSPS) is 23.1. The molecular formula is C56H62BClN2O. The minimum Gasteiger partial charge on any atom is -0.468 e. The molecule has 0 saturated heterocycles. The zero-order valence-corrected chi connectivity index (χ0v) is 39.3. The third kappa shape index (κ3) is 5.30. The number of hydrogen-bond donors (Lipinski definition) is 0. The molecule has 312 valence electrons. The van der Waals surface area contributed by atoms with Gasteiger partial charge < -0.3 is 14.2 Å². The minimum absolute atomic E-state index is 0.0187. The summed E-state index contributed by atoms with van der Waals surface area (Å²) in [4.78, 5) is 5.35. The van der Waals surface area contributed by atoms with Crippen LogP contribution in [0.2, 0.25) is 5.02 Å². The van der Waals surface area contributed by atoms with Crippen LogP contribution in [0, 0.1) is 0 Å². The largest absolute Gasteiger partial charge is 0.468 e. The van der Waals surface area contributed by atoms with E-state index in [1.54, 1.807) is 0 Å². The van der Waals surface area contributed by atoms with Gasteiger partial charge in [0.2, 0.25) is 0 Å². The minimum atomic E-state index is -0.110. The van der Waals surface area contributed by atoms with Crippen molar-refractivity contribution in [3.05, 3.63) is 118 Å². The van der Waals surface area contributed by atoms with E-state index in [1.807, 2.05) is 0 Å². The van der Waals surface area contributed by atoms with E-state index in [1.165, 1.54) is 85.9 Å². The number of furan rings is 1. The Labute approximate surface area is 370 Å². The monoisotopic (exact) mass is 824 g/mol. The van der Waals surface area contributed by atoms with Gasteiger partial charge in [-0.1, -0.05) is 149 Å². The molecular weight excluding hydrogens is 763 g/mol. The van der Waals surface area contributed by atoms with Crippen molar-refractivity contribution in [2.75, 3.05) is 9.80 Å². The molecule has 0 amide bonds. The highest BCUT2D eigenvalue weighted by Gasteiger charge is 2.62. The molecule has 3 aliphatic heterocycles. The average molecular weight is 825 g/mol. The van der Waals surface area contributed by atoms with Gasteiger partial charge in [0, 0.05) is 38.4 Å². The predicted molar refractivity (Wildman–Crippen MR) is 261 cm³/mol. The van der Waals surface area contributed by atoms with Gasteiger partial charge >= 0.3 is 0 Å². The number of nitrogens with zero attached hydrogens (tertiary/aromatic N) is 2. The predicted octanol–water partition coefficient (Wildman–Crippen LogP) is 14.1. The van der Waals surface area contributed by atoms with Crippen LogP contribution < -0.4 is 26.4 Å². The van der Waals surface area contributed by atoms with Gasteiger partial charge in [-0.05, 0) is 135 Å². The molecule has 5 heteroatoms. The van der Waals surface area contributed by atoms with Crippen LogP contribution in [0.1, 0.15) is 149 Å². The van der Waals surface area contributed by atoms with E-state index in [-0.39, 0.29) is 39.3 Å². The Kier molecular flexibility index (Phi) is 8.02. The molecule has 4 heterocycles. The van der Waals surface area contributed by atoms with Crippen LogP contribution in [-0.4, -0.2) is 12.3 Å². The lowest BCUT2D eigenvalue weighted by atomic mass is 9.35. The van der Waals surface area contributed by atoms with Crippen LogP contribution in [-0.2, 0) is 27.1 Å². The first kappa shape index (κ1) is 39.4. The Morgan fingerprint density at radius 3 is 1.97 bits per heavy atom. The van der Waals surface area contributed by atoms with Crippen LogP contribution >= 0.6 is 11.6 Å². The van der Waals surface area contributed by atoms with Crippen LogP contribution in [0.5, 0.6) is 0 Å². The summed E-state index contributed by atoms with van der Waals surface area (Å²) in [5, 5.41) is 1.95. The molecule has 1 saturated carbocycles. The first-order valence-electron chi connectivity index (χ1n) is 23.1. The summed E-state index contributed by atoms with van der Waals surface area (Å²) in [5.74, 6) is 0. The third-order valence-electron chi connectivity index (χ3n) is 16.6. The van der Waals surface area contributed by atoms with Gasteiger partial charge in [-0.2, -0.15) is 0 Å². The fourth-order valence-corrected chi connectivity index (χ4v) is 12.8. The number of hydrogen-bond acceptors (Lipinski definition) is 3. The van der Waals surface area contributed by atoms with Crippen LogP contribution in [0.4, 0.5) is 28.4 Å². The molecule has 0 spiro atoms. The van der Waals surface area contributed by atoms with Crippen molar-refractivity contribution in [1.82, 2.24) is 0 Å². The maximum absolute atomic E-state index is 7.63. The molecule has 11 rings (SSSR count). The lowest BCUT2D eigenvalue weighted by Gasteiger charge is -2.52. The summed E-state index contributed by atoms with van der Waals surface area (Å²) in [7, 11) is 0. The highest BCUT2D eigenvalue weighted by Crippen LogP contribution is 2.63. The highest BCUT2D eigenvalue weighted by molar-refractivity contribution is 7.00. The summed E-state index contributed by atoms with van der Waals surface area (Å²) >= 11 is 7.54. The second-order valence-corrected chi connectivity index (χ2v) is 23.7. The van der Waals surface area contributed by atoms with E-state index in [0.717, 1.165) is 52.6 Å². The second-order valence-electron chi connectivity index (χ2n) is 23.3. The SMILES string of the molecule is CC(C)(C)c1ccc(N2c3cc(Cl)cc4c3B(c3cc(C(C)(C)C)cc5c3N4C3(C)CCCCC53C)c3oc4cc5c(cc4c32)C(C)(C)CCC5(C)C)c(-c2ccccc2)c1.